The van der Waals surface area contributed by atoms with Crippen LogP contribution in [0.2, 0.25) is 0 Å². The van der Waals surface area contributed by atoms with E-state index in [0.29, 0.717) is 6.04 Å². The van der Waals surface area contributed by atoms with Gasteiger partial charge in [-0.15, -0.1) is 11.8 Å². The zero-order valence-electron chi connectivity index (χ0n) is 11.3. The average molecular weight is 352 g/mol. The molecule has 1 saturated carbocycles. The molecule has 1 heterocycles. The molecule has 0 saturated heterocycles. The van der Waals surface area contributed by atoms with Crippen molar-refractivity contribution in [2.24, 2.45) is 0 Å². The Bertz CT molecular complexity index is 591. The summed E-state index contributed by atoms with van der Waals surface area (Å²) in [4.78, 5) is 1.11. The Hall–Kier alpha value is -0.940. The number of benzene rings is 1. The summed E-state index contributed by atoms with van der Waals surface area (Å²) in [7, 11) is 0. The molecule has 0 spiro atoms. The normalized spacial score (nSPS) is 15.8. The maximum absolute atomic E-state index is 6.01. The average Bonchev–Trinajstić information content (AvgIpc) is 3.08. The van der Waals surface area contributed by atoms with Gasteiger partial charge in [0.1, 0.15) is 0 Å². The van der Waals surface area contributed by atoms with E-state index in [4.69, 9.17) is 10.8 Å². The van der Waals surface area contributed by atoms with Crippen molar-refractivity contribution in [1.29, 1.82) is 0 Å². The topological polar surface area (TPSA) is 43.8 Å². The zero-order valence-corrected chi connectivity index (χ0v) is 13.7. The van der Waals surface area contributed by atoms with Gasteiger partial charge in [-0.05, 0) is 37.1 Å². The Morgan fingerprint density at radius 2 is 2.10 bits per heavy atom. The van der Waals surface area contributed by atoms with Gasteiger partial charge in [-0.1, -0.05) is 28.8 Å². The summed E-state index contributed by atoms with van der Waals surface area (Å²) >= 11 is 5.17. The Morgan fingerprint density at radius 3 is 2.85 bits per heavy atom. The van der Waals surface area contributed by atoms with E-state index in [1.807, 2.05) is 12.1 Å². The van der Waals surface area contributed by atoms with Gasteiger partial charge in [0.2, 0.25) is 0 Å². The fourth-order valence-corrected chi connectivity index (χ4v) is 3.85. The number of thioether (sulfide) groups is 1. The van der Waals surface area contributed by atoms with Gasteiger partial charge in [0.25, 0.3) is 0 Å². The maximum Gasteiger partial charge on any atom is 0.0727 e. The molecule has 0 aliphatic heterocycles. The van der Waals surface area contributed by atoms with Crippen LogP contribution in [0.1, 0.15) is 37.4 Å². The lowest BCUT2D eigenvalue weighted by Gasteiger charge is -2.09. The Labute approximate surface area is 132 Å². The summed E-state index contributed by atoms with van der Waals surface area (Å²) in [5.74, 6) is 0.867. The predicted molar refractivity (Wildman–Crippen MR) is 87.8 cm³/mol. The van der Waals surface area contributed by atoms with Crippen LogP contribution in [0.3, 0.4) is 0 Å². The highest BCUT2D eigenvalue weighted by molar-refractivity contribution is 9.10. The number of anilines is 1. The van der Waals surface area contributed by atoms with E-state index < -0.39 is 0 Å². The fourth-order valence-electron chi connectivity index (χ4n) is 2.63. The van der Waals surface area contributed by atoms with E-state index in [1.165, 1.54) is 25.7 Å². The molecule has 1 fully saturated rings. The van der Waals surface area contributed by atoms with E-state index in [9.17, 15) is 0 Å². The molecule has 1 aromatic carbocycles. The van der Waals surface area contributed by atoms with Crippen molar-refractivity contribution in [1.82, 2.24) is 9.78 Å². The summed E-state index contributed by atoms with van der Waals surface area (Å²) in [6, 6.07) is 8.76. The summed E-state index contributed by atoms with van der Waals surface area (Å²) in [5, 5.41) is 4.70. The van der Waals surface area contributed by atoms with Crippen molar-refractivity contribution in [2.45, 2.75) is 42.4 Å². The van der Waals surface area contributed by atoms with Crippen LogP contribution in [0.25, 0.3) is 0 Å². The molecule has 0 bridgehead atoms. The summed E-state index contributed by atoms with van der Waals surface area (Å²) in [6.45, 7) is 0. The van der Waals surface area contributed by atoms with Crippen LogP contribution in [0.5, 0.6) is 0 Å². The van der Waals surface area contributed by atoms with E-state index in [0.717, 1.165) is 26.5 Å². The molecule has 0 atom stereocenters. The van der Waals surface area contributed by atoms with Crippen LogP contribution in [0.4, 0.5) is 5.69 Å². The minimum atomic E-state index is 0.617. The zero-order chi connectivity index (χ0) is 13.9. The molecule has 20 heavy (non-hydrogen) atoms. The molecule has 1 aliphatic carbocycles. The standard InChI is InChI=1S/C15H18BrN3S/c16-11-5-6-15(14(17)9-11)20-10-12-7-8-19(18-12)13-3-1-2-4-13/h5-9,13H,1-4,10,17H2. The molecular formula is C15H18BrN3S. The first-order valence-electron chi connectivity index (χ1n) is 6.94. The second kappa shape index (κ2) is 6.22. The molecule has 3 rings (SSSR count). The van der Waals surface area contributed by atoms with Crippen molar-refractivity contribution in [2.75, 3.05) is 5.73 Å². The number of nitrogen functional groups attached to an aromatic ring is 1. The maximum atomic E-state index is 6.01. The highest BCUT2D eigenvalue weighted by atomic mass is 79.9. The summed E-state index contributed by atoms with van der Waals surface area (Å²) in [5.41, 5.74) is 7.96. The lowest BCUT2D eigenvalue weighted by molar-refractivity contribution is 0.464. The van der Waals surface area contributed by atoms with E-state index in [1.54, 1.807) is 11.8 Å². The number of nitrogens with zero attached hydrogens (tertiary/aromatic N) is 2. The van der Waals surface area contributed by atoms with Crippen molar-refractivity contribution in [3.8, 4) is 0 Å². The Balaban J connectivity index is 1.63. The quantitative estimate of drug-likeness (QED) is 0.644. The highest BCUT2D eigenvalue weighted by Crippen LogP contribution is 2.31. The lowest BCUT2D eigenvalue weighted by Crippen LogP contribution is -2.05. The van der Waals surface area contributed by atoms with Gasteiger partial charge in [0.05, 0.1) is 11.7 Å². The van der Waals surface area contributed by atoms with Crippen molar-refractivity contribution < 1.29 is 0 Å². The van der Waals surface area contributed by atoms with Crippen molar-refractivity contribution >= 4 is 33.4 Å². The fraction of sp³-hybridized carbons (Fsp3) is 0.400. The first-order chi connectivity index (χ1) is 9.72. The minimum absolute atomic E-state index is 0.617. The number of aromatic nitrogens is 2. The van der Waals surface area contributed by atoms with Crippen LogP contribution < -0.4 is 5.73 Å². The molecule has 5 heteroatoms. The molecule has 2 aromatic rings. The van der Waals surface area contributed by atoms with E-state index >= 15 is 0 Å². The predicted octanol–water partition coefficient (Wildman–Crippen LogP) is 4.64. The van der Waals surface area contributed by atoms with Crippen LogP contribution in [0, 0.1) is 0 Å². The first kappa shape index (κ1) is 14.0. The number of hydrogen-bond donors (Lipinski definition) is 1. The third kappa shape index (κ3) is 3.20. The van der Waals surface area contributed by atoms with Gasteiger partial charge < -0.3 is 5.73 Å². The molecule has 3 nitrogen and oxygen atoms in total. The third-order valence-corrected chi connectivity index (χ3v) is 5.33. The summed E-state index contributed by atoms with van der Waals surface area (Å²) in [6.07, 6.45) is 7.34. The molecule has 1 aromatic heterocycles. The first-order valence-corrected chi connectivity index (χ1v) is 8.72. The number of hydrogen-bond acceptors (Lipinski definition) is 3. The SMILES string of the molecule is Nc1cc(Br)ccc1SCc1ccn(C2CCCC2)n1. The Kier molecular flexibility index (Phi) is 4.36. The van der Waals surface area contributed by atoms with Crippen molar-refractivity contribution in [3.05, 3.63) is 40.6 Å². The second-order valence-electron chi connectivity index (χ2n) is 5.20. The highest BCUT2D eigenvalue weighted by Gasteiger charge is 2.17. The Morgan fingerprint density at radius 1 is 1.30 bits per heavy atom. The molecule has 0 unspecified atom stereocenters. The largest absolute Gasteiger partial charge is 0.398 e. The molecule has 106 valence electrons. The molecule has 0 radical (unpaired) electrons. The number of halogens is 1. The van der Waals surface area contributed by atoms with Gasteiger partial charge in [-0.25, -0.2) is 0 Å². The molecular weight excluding hydrogens is 334 g/mol. The second-order valence-corrected chi connectivity index (χ2v) is 7.13. The van der Waals surface area contributed by atoms with E-state index in [-0.39, 0.29) is 0 Å². The summed E-state index contributed by atoms with van der Waals surface area (Å²) < 4.78 is 3.17. The van der Waals surface area contributed by atoms with Crippen molar-refractivity contribution in [3.63, 3.8) is 0 Å². The molecule has 1 aliphatic rings. The lowest BCUT2D eigenvalue weighted by atomic mass is 10.3. The van der Waals surface area contributed by atoms with E-state index in [2.05, 4.69) is 38.9 Å². The van der Waals surface area contributed by atoms with Crippen LogP contribution in [0.15, 0.2) is 39.8 Å². The molecule has 2 N–H and O–H groups in total. The number of nitrogens with two attached hydrogens (primary N) is 1. The third-order valence-electron chi connectivity index (χ3n) is 3.71. The van der Waals surface area contributed by atoms with Crippen LogP contribution >= 0.6 is 27.7 Å². The minimum Gasteiger partial charge on any atom is -0.398 e. The van der Waals surface area contributed by atoms with Gasteiger partial charge >= 0.3 is 0 Å². The van der Waals surface area contributed by atoms with Gasteiger partial charge in [0.15, 0.2) is 0 Å². The van der Waals surface area contributed by atoms with Gasteiger partial charge in [0, 0.05) is 27.0 Å². The smallest absolute Gasteiger partial charge is 0.0727 e. The monoisotopic (exact) mass is 351 g/mol. The number of rotatable bonds is 4. The van der Waals surface area contributed by atoms with Gasteiger partial charge in [-0.2, -0.15) is 5.10 Å². The van der Waals surface area contributed by atoms with Crippen LogP contribution in [-0.2, 0) is 5.75 Å². The van der Waals surface area contributed by atoms with Crippen LogP contribution in [-0.4, -0.2) is 9.78 Å². The molecule has 0 amide bonds. The van der Waals surface area contributed by atoms with Gasteiger partial charge in [-0.3, -0.25) is 4.68 Å².